The summed E-state index contributed by atoms with van der Waals surface area (Å²) in [6.45, 7) is 1.63. The van der Waals surface area contributed by atoms with Gasteiger partial charge < -0.3 is 0 Å². The molecule has 0 nitrogen and oxygen atoms in total. The predicted molar refractivity (Wildman–Crippen MR) is 51.0 cm³/mol. The van der Waals surface area contributed by atoms with E-state index in [-0.39, 0.29) is 0 Å². The Balaban J connectivity index is 3.16. The summed E-state index contributed by atoms with van der Waals surface area (Å²) < 4.78 is 36.8. The monoisotopic (exact) mass is 224 g/mol. The van der Waals surface area contributed by atoms with Gasteiger partial charge in [-0.15, -0.1) is 11.7 Å². The molecule has 0 aliphatic heterocycles. The molecule has 0 fully saturated rings. The summed E-state index contributed by atoms with van der Waals surface area (Å²) in [5.74, 6) is 0. The molecule has 13 heavy (non-hydrogen) atoms. The second-order valence-electron chi connectivity index (χ2n) is 2.62. The van der Waals surface area contributed by atoms with Crippen LogP contribution in [0, 0.1) is 6.92 Å². The van der Waals surface area contributed by atoms with E-state index in [0.717, 1.165) is 22.9 Å². The van der Waals surface area contributed by atoms with Crippen molar-refractivity contribution in [3.63, 3.8) is 0 Å². The minimum absolute atomic E-state index is 0.510. The van der Waals surface area contributed by atoms with Crippen LogP contribution in [0.25, 0.3) is 0 Å². The third-order valence-corrected chi connectivity index (χ3v) is 2.56. The van der Waals surface area contributed by atoms with Gasteiger partial charge in [-0.2, -0.15) is 13.2 Å². The molecule has 0 spiro atoms. The van der Waals surface area contributed by atoms with Gasteiger partial charge in [0, 0.05) is 4.90 Å². The van der Waals surface area contributed by atoms with Crippen molar-refractivity contribution in [2.75, 3.05) is 0 Å². The van der Waals surface area contributed by atoms with Crippen LogP contribution < -0.4 is 0 Å². The molecule has 0 radical (unpaired) electrons. The molecule has 0 amide bonds. The Bertz CT molecular complexity index is 307. The first-order valence-corrected chi connectivity index (χ1v) is 5.30. The van der Waals surface area contributed by atoms with Gasteiger partial charge in [-0.05, 0) is 30.7 Å². The van der Waals surface area contributed by atoms with E-state index in [2.05, 4.69) is 11.7 Å². The molecule has 1 rings (SSSR count). The lowest BCUT2D eigenvalue weighted by molar-refractivity contribution is -0.137. The average Bonchev–Trinajstić information content (AvgIpc) is 2.01. The molecular weight excluding hydrogens is 217 g/mol. The minimum atomic E-state index is -4.27. The smallest absolute Gasteiger partial charge is 0.166 e. The van der Waals surface area contributed by atoms with Gasteiger partial charge in [0.25, 0.3) is 0 Å². The number of benzene rings is 1. The highest BCUT2D eigenvalue weighted by atomic mass is 33.1. The van der Waals surface area contributed by atoms with Gasteiger partial charge in [0.1, 0.15) is 0 Å². The number of rotatable bonds is 1. The predicted octanol–water partition coefficient (Wildman–Crippen LogP) is 3.95. The molecule has 0 heterocycles. The summed E-state index contributed by atoms with van der Waals surface area (Å²) in [6, 6.07) is 3.87. The molecule has 0 aliphatic carbocycles. The topological polar surface area (TPSA) is 0 Å². The van der Waals surface area contributed by atoms with E-state index in [0.29, 0.717) is 10.5 Å². The van der Waals surface area contributed by atoms with Crippen LogP contribution in [0.15, 0.2) is 23.1 Å². The zero-order valence-corrected chi connectivity index (χ0v) is 8.43. The first kappa shape index (κ1) is 10.8. The van der Waals surface area contributed by atoms with Crippen molar-refractivity contribution in [1.29, 1.82) is 0 Å². The number of alkyl halides is 3. The maximum atomic E-state index is 12.3. The lowest BCUT2D eigenvalue weighted by atomic mass is 10.1. The number of aryl methyl sites for hydroxylation is 1. The molecule has 1 aromatic rings. The maximum absolute atomic E-state index is 12.3. The second-order valence-corrected chi connectivity index (χ2v) is 3.83. The Morgan fingerprint density at radius 3 is 2.31 bits per heavy atom. The summed E-state index contributed by atoms with van der Waals surface area (Å²) in [4.78, 5) is 0.510. The van der Waals surface area contributed by atoms with Crippen LogP contribution in [0.5, 0.6) is 0 Å². The van der Waals surface area contributed by atoms with E-state index in [1.54, 1.807) is 13.0 Å². The van der Waals surface area contributed by atoms with Crippen LogP contribution in [0.3, 0.4) is 0 Å². The van der Waals surface area contributed by atoms with Crippen molar-refractivity contribution in [1.82, 2.24) is 0 Å². The van der Waals surface area contributed by atoms with Crippen molar-refractivity contribution in [3.05, 3.63) is 29.3 Å². The summed E-state index contributed by atoms with van der Waals surface area (Å²) in [5, 5.41) is 0. The molecule has 72 valence electrons. The van der Waals surface area contributed by atoms with Crippen LogP contribution in [0.2, 0.25) is 0 Å². The van der Waals surface area contributed by atoms with E-state index in [4.69, 9.17) is 0 Å². The van der Waals surface area contributed by atoms with E-state index in [9.17, 15) is 13.2 Å². The summed E-state index contributed by atoms with van der Waals surface area (Å²) >= 11 is 3.85. The molecule has 0 aromatic heterocycles. The van der Waals surface area contributed by atoms with Gasteiger partial charge in [0.2, 0.25) is 0 Å². The lowest BCUT2D eigenvalue weighted by Gasteiger charge is -2.08. The highest BCUT2D eigenvalue weighted by Crippen LogP contribution is 2.33. The Labute approximate surface area is 83.3 Å². The molecule has 0 aliphatic rings. The number of halogens is 3. The van der Waals surface area contributed by atoms with Crippen molar-refractivity contribution >= 4 is 22.5 Å². The largest absolute Gasteiger partial charge is 0.416 e. The van der Waals surface area contributed by atoms with Gasteiger partial charge in [-0.1, -0.05) is 10.8 Å². The van der Waals surface area contributed by atoms with Crippen LogP contribution >= 0.6 is 22.5 Å². The third-order valence-electron chi connectivity index (χ3n) is 1.48. The SMILES string of the molecule is Cc1cc(SS)cc(C(F)(F)F)c1. The highest BCUT2D eigenvalue weighted by molar-refractivity contribution is 8.68. The van der Waals surface area contributed by atoms with E-state index >= 15 is 0 Å². The first-order valence-electron chi connectivity index (χ1n) is 3.44. The van der Waals surface area contributed by atoms with Crippen LogP contribution in [0.1, 0.15) is 11.1 Å². The van der Waals surface area contributed by atoms with Gasteiger partial charge in [0.05, 0.1) is 5.56 Å². The van der Waals surface area contributed by atoms with Gasteiger partial charge in [-0.3, -0.25) is 0 Å². The standard InChI is InChI=1S/C8H7F3S2/c1-5-2-6(8(9,10)11)4-7(3-5)13-12/h2-4,12H,1H3. The Morgan fingerprint density at radius 1 is 1.23 bits per heavy atom. The fraction of sp³-hybridized carbons (Fsp3) is 0.250. The average molecular weight is 224 g/mol. The zero-order valence-electron chi connectivity index (χ0n) is 6.72. The fourth-order valence-corrected chi connectivity index (χ4v) is 1.70. The Morgan fingerprint density at radius 2 is 1.85 bits per heavy atom. The molecule has 0 N–H and O–H groups in total. The van der Waals surface area contributed by atoms with E-state index in [1.807, 2.05) is 0 Å². The second kappa shape index (κ2) is 3.84. The minimum Gasteiger partial charge on any atom is -0.166 e. The zero-order chi connectivity index (χ0) is 10.1. The number of hydrogen-bond acceptors (Lipinski definition) is 2. The highest BCUT2D eigenvalue weighted by Gasteiger charge is 2.30. The van der Waals surface area contributed by atoms with Crippen molar-refractivity contribution in [2.24, 2.45) is 0 Å². The normalized spacial score (nSPS) is 11.8. The van der Waals surface area contributed by atoms with Crippen molar-refractivity contribution < 1.29 is 13.2 Å². The molecule has 0 saturated heterocycles. The maximum Gasteiger partial charge on any atom is 0.416 e. The van der Waals surface area contributed by atoms with Crippen molar-refractivity contribution in [3.8, 4) is 0 Å². The molecule has 0 unspecified atom stereocenters. The summed E-state index contributed by atoms with van der Waals surface area (Å²) in [7, 11) is 1.01. The first-order chi connectivity index (χ1) is 5.93. The van der Waals surface area contributed by atoms with Gasteiger partial charge in [0.15, 0.2) is 0 Å². The van der Waals surface area contributed by atoms with Crippen LogP contribution in [0.4, 0.5) is 13.2 Å². The summed E-state index contributed by atoms with van der Waals surface area (Å²) in [6.07, 6.45) is -4.27. The lowest BCUT2D eigenvalue weighted by Crippen LogP contribution is -2.05. The molecular formula is C8H7F3S2. The van der Waals surface area contributed by atoms with Gasteiger partial charge in [-0.25, -0.2) is 0 Å². The Kier molecular flexibility index (Phi) is 3.18. The Hall–Kier alpha value is -0.290. The molecule has 0 bridgehead atoms. The quantitative estimate of drug-likeness (QED) is 0.556. The fourth-order valence-electron chi connectivity index (χ4n) is 0.964. The molecule has 5 heteroatoms. The summed E-state index contributed by atoms with van der Waals surface area (Å²) in [5.41, 5.74) is -0.0320. The molecule has 1 aromatic carbocycles. The molecule has 0 atom stereocenters. The third kappa shape index (κ3) is 2.84. The van der Waals surface area contributed by atoms with Gasteiger partial charge >= 0.3 is 6.18 Å². The van der Waals surface area contributed by atoms with E-state index < -0.39 is 11.7 Å². The van der Waals surface area contributed by atoms with Crippen LogP contribution in [-0.2, 0) is 6.18 Å². The number of thiol groups is 1. The van der Waals surface area contributed by atoms with Crippen LogP contribution in [-0.4, -0.2) is 0 Å². The van der Waals surface area contributed by atoms with Crippen molar-refractivity contribution in [2.45, 2.75) is 18.0 Å². The number of hydrogen-bond donors (Lipinski definition) is 1. The van der Waals surface area contributed by atoms with E-state index in [1.165, 1.54) is 0 Å². The molecule has 0 saturated carbocycles.